The quantitative estimate of drug-likeness (QED) is 0.526. The van der Waals surface area contributed by atoms with Crippen molar-refractivity contribution < 1.29 is 66.4 Å². The van der Waals surface area contributed by atoms with Crippen LogP contribution in [0.3, 0.4) is 0 Å². The van der Waals surface area contributed by atoms with E-state index >= 15 is 0 Å². The molecule has 0 fully saturated rings. The summed E-state index contributed by atoms with van der Waals surface area (Å²) in [4.78, 5) is 15.2. The van der Waals surface area contributed by atoms with Crippen LogP contribution in [0.2, 0.25) is 0 Å². The first kappa shape index (κ1) is 19.5. The van der Waals surface area contributed by atoms with E-state index in [0.717, 1.165) is 10.0 Å². The van der Waals surface area contributed by atoms with Gasteiger partial charge in [-0.25, -0.2) is 0 Å². The van der Waals surface area contributed by atoms with Crippen molar-refractivity contribution in [2.45, 2.75) is 12.5 Å². The van der Waals surface area contributed by atoms with E-state index in [2.05, 4.69) is 20.9 Å². The molecule has 0 heterocycles. The van der Waals surface area contributed by atoms with Gasteiger partial charge in [0.1, 0.15) is 5.75 Å². The summed E-state index contributed by atoms with van der Waals surface area (Å²) >= 11 is 3.28. The third-order valence-corrected chi connectivity index (χ3v) is 3.42. The summed E-state index contributed by atoms with van der Waals surface area (Å²) < 4.78 is 0.773. The number of carbonyl (C=O) groups is 1. The van der Waals surface area contributed by atoms with Crippen molar-refractivity contribution >= 4 is 28.1 Å². The molecular weight excluding hydrogens is 373 g/mol. The second-order valence-electron chi connectivity index (χ2n) is 4.51. The number of carboxylic acid groups (broad SMARTS) is 1. The van der Waals surface area contributed by atoms with Gasteiger partial charge in [0.2, 0.25) is 0 Å². The number of phenolic OH excluding ortho intramolecular Hbond substituents is 1. The van der Waals surface area contributed by atoms with Crippen LogP contribution in [-0.4, -0.2) is 23.3 Å². The van der Waals surface area contributed by atoms with Crippen molar-refractivity contribution in [3.05, 3.63) is 64.1 Å². The SMILES string of the molecule is O=C([O-])C(Cc1ccccc1)N=Cc1cc(Br)ccc1O.[K+]. The number of halogens is 1. The van der Waals surface area contributed by atoms with Gasteiger partial charge in [0.15, 0.2) is 0 Å². The number of rotatable bonds is 5. The molecule has 22 heavy (non-hydrogen) atoms. The van der Waals surface area contributed by atoms with E-state index < -0.39 is 12.0 Å². The Hall–Kier alpha value is -0.504. The van der Waals surface area contributed by atoms with Crippen LogP contribution in [-0.2, 0) is 11.2 Å². The minimum Gasteiger partial charge on any atom is -0.548 e. The first-order valence-corrected chi connectivity index (χ1v) is 7.12. The fourth-order valence-electron chi connectivity index (χ4n) is 1.83. The van der Waals surface area contributed by atoms with Gasteiger partial charge in [0, 0.05) is 22.7 Å². The average molecular weight is 386 g/mol. The Morgan fingerprint density at radius 2 is 1.95 bits per heavy atom. The largest absolute Gasteiger partial charge is 1.00 e. The summed E-state index contributed by atoms with van der Waals surface area (Å²) in [6, 6.07) is 13.1. The Morgan fingerprint density at radius 3 is 2.59 bits per heavy atom. The molecule has 0 aromatic heterocycles. The molecule has 0 bridgehead atoms. The van der Waals surface area contributed by atoms with Gasteiger partial charge in [0.25, 0.3) is 0 Å². The molecule has 1 atom stereocenters. The summed E-state index contributed by atoms with van der Waals surface area (Å²) in [6.45, 7) is 0. The summed E-state index contributed by atoms with van der Waals surface area (Å²) in [5.74, 6) is -1.21. The maximum absolute atomic E-state index is 11.2. The number of nitrogens with zero attached hydrogens (tertiary/aromatic N) is 1. The van der Waals surface area contributed by atoms with Gasteiger partial charge < -0.3 is 15.0 Å². The second kappa shape index (κ2) is 9.59. The number of benzene rings is 2. The topological polar surface area (TPSA) is 72.7 Å². The van der Waals surface area contributed by atoms with Crippen molar-refractivity contribution in [3.8, 4) is 5.75 Å². The summed E-state index contributed by atoms with van der Waals surface area (Å²) in [6.07, 6.45) is 1.60. The van der Waals surface area contributed by atoms with Gasteiger partial charge in [0.05, 0.1) is 12.0 Å². The molecule has 2 aromatic carbocycles. The Labute approximate surface area is 179 Å². The summed E-state index contributed by atoms with van der Waals surface area (Å²) in [5, 5.41) is 20.9. The maximum atomic E-state index is 11.2. The van der Waals surface area contributed by atoms with E-state index in [0.29, 0.717) is 5.56 Å². The monoisotopic (exact) mass is 385 g/mol. The predicted octanol–water partition coefficient (Wildman–Crippen LogP) is -1.06. The van der Waals surface area contributed by atoms with Crippen LogP contribution < -0.4 is 56.5 Å². The second-order valence-corrected chi connectivity index (χ2v) is 5.42. The third kappa shape index (κ3) is 5.94. The average Bonchev–Trinajstić information content (AvgIpc) is 2.47. The molecule has 6 heteroatoms. The van der Waals surface area contributed by atoms with Crippen molar-refractivity contribution in [3.63, 3.8) is 0 Å². The van der Waals surface area contributed by atoms with Gasteiger partial charge in [-0.15, -0.1) is 0 Å². The van der Waals surface area contributed by atoms with Crippen LogP contribution in [0.1, 0.15) is 11.1 Å². The van der Waals surface area contributed by atoms with Crippen molar-refractivity contribution in [1.82, 2.24) is 0 Å². The molecular formula is C16H13BrKNO3. The molecule has 0 spiro atoms. The van der Waals surface area contributed by atoms with Crippen LogP contribution in [0, 0.1) is 0 Å². The molecule has 0 aliphatic heterocycles. The Morgan fingerprint density at radius 1 is 1.27 bits per heavy atom. The number of carboxylic acids is 1. The molecule has 4 nitrogen and oxygen atoms in total. The van der Waals surface area contributed by atoms with E-state index in [1.54, 1.807) is 12.1 Å². The minimum absolute atomic E-state index is 0. The first-order chi connectivity index (χ1) is 10.1. The molecule has 0 saturated carbocycles. The third-order valence-electron chi connectivity index (χ3n) is 2.93. The molecule has 0 aliphatic rings. The van der Waals surface area contributed by atoms with E-state index in [-0.39, 0.29) is 63.6 Å². The zero-order valence-electron chi connectivity index (χ0n) is 12.1. The van der Waals surface area contributed by atoms with E-state index in [9.17, 15) is 15.0 Å². The van der Waals surface area contributed by atoms with Gasteiger partial charge in [-0.2, -0.15) is 0 Å². The van der Waals surface area contributed by atoms with Crippen LogP contribution >= 0.6 is 15.9 Å². The Balaban J connectivity index is 0.00000242. The number of carbonyl (C=O) groups excluding carboxylic acids is 1. The number of aliphatic imine (C=N–C) groups is 1. The van der Waals surface area contributed by atoms with Crippen LogP contribution in [0.5, 0.6) is 5.75 Å². The number of hydrogen-bond acceptors (Lipinski definition) is 4. The minimum atomic E-state index is -1.25. The van der Waals surface area contributed by atoms with Gasteiger partial charge in [-0.1, -0.05) is 46.3 Å². The van der Waals surface area contributed by atoms with E-state index in [1.165, 1.54) is 12.3 Å². The van der Waals surface area contributed by atoms with Crippen molar-refractivity contribution in [2.75, 3.05) is 0 Å². The number of phenols is 1. The fraction of sp³-hybridized carbons (Fsp3) is 0.125. The van der Waals surface area contributed by atoms with Gasteiger partial charge in [-0.3, -0.25) is 4.99 Å². The maximum Gasteiger partial charge on any atom is 1.00 e. The molecule has 2 aromatic rings. The molecule has 108 valence electrons. The predicted molar refractivity (Wildman–Crippen MR) is 82.3 cm³/mol. The molecule has 1 N–H and O–H groups in total. The molecule has 0 radical (unpaired) electrons. The van der Waals surface area contributed by atoms with Crippen LogP contribution in [0.15, 0.2) is 58.0 Å². The van der Waals surface area contributed by atoms with Crippen LogP contribution in [0.4, 0.5) is 0 Å². The Bertz CT molecular complexity index is 662. The first-order valence-electron chi connectivity index (χ1n) is 6.33. The standard InChI is InChI=1S/C16H14BrNO3.K/c17-13-6-7-15(19)12(9-13)10-18-14(16(20)21)8-11-4-2-1-3-5-11;/h1-7,9-10,14,19H,8H2,(H,20,21);/q;+1/p-1. The van der Waals surface area contributed by atoms with E-state index in [4.69, 9.17) is 0 Å². The van der Waals surface area contributed by atoms with E-state index in [1.807, 2.05) is 30.3 Å². The number of aromatic hydroxyl groups is 1. The van der Waals surface area contributed by atoms with Gasteiger partial charge >= 0.3 is 51.4 Å². The Kier molecular flexibility index (Phi) is 8.52. The normalized spacial score (nSPS) is 11.9. The summed E-state index contributed by atoms with van der Waals surface area (Å²) in [7, 11) is 0. The van der Waals surface area contributed by atoms with Crippen molar-refractivity contribution in [2.24, 2.45) is 4.99 Å². The zero-order valence-corrected chi connectivity index (χ0v) is 16.8. The molecule has 1 unspecified atom stereocenters. The number of aliphatic carboxylic acids is 1. The van der Waals surface area contributed by atoms with Crippen LogP contribution in [0.25, 0.3) is 0 Å². The van der Waals surface area contributed by atoms with Gasteiger partial charge in [-0.05, 0) is 23.8 Å². The smallest absolute Gasteiger partial charge is 0.548 e. The fourth-order valence-corrected chi connectivity index (χ4v) is 2.21. The molecule has 2 rings (SSSR count). The van der Waals surface area contributed by atoms with Crippen molar-refractivity contribution in [1.29, 1.82) is 0 Å². The zero-order chi connectivity index (χ0) is 15.2. The molecule has 0 saturated heterocycles. The summed E-state index contributed by atoms with van der Waals surface area (Å²) in [5.41, 5.74) is 1.31. The molecule has 0 aliphatic carbocycles. The number of hydrogen-bond donors (Lipinski definition) is 1. The molecule has 0 amide bonds.